The normalized spacial score (nSPS) is 11.2. The van der Waals surface area contributed by atoms with E-state index >= 15 is 0 Å². The Hall–Kier alpha value is -1.78. The van der Waals surface area contributed by atoms with Crippen LogP contribution in [0.25, 0.3) is 0 Å². The van der Waals surface area contributed by atoms with Crippen LogP contribution in [0.5, 0.6) is 5.75 Å². The van der Waals surface area contributed by atoms with Crippen molar-refractivity contribution in [2.24, 2.45) is 17.8 Å². The minimum absolute atomic E-state index is 0.00618. The van der Waals surface area contributed by atoms with Gasteiger partial charge < -0.3 is 10.1 Å². The first kappa shape index (κ1) is 17.3. The molecule has 0 aromatic heterocycles. The molecule has 21 heavy (non-hydrogen) atoms. The van der Waals surface area contributed by atoms with Gasteiger partial charge >= 0.3 is 5.69 Å². The summed E-state index contributed by atoms with van der Waals surface area (Å²) in [7, 11) is 0. The summed E-state index contributed by atoms with van der Waals surface area (Å²) < 4.78 is 5.36. The van der Waals surface area contributed by atoms with Gasteiger partial charge in [0.2, 0.25) is 0 Å². The van der Waals surface area contributed by atoms with E-state index < -0.39 is 4.92 Å². The molecule has 0 saturated carbocycles. The van der Waals surface area contributed by atoms with E-state index in [0.717, 1.165) is 12.2 Å². The van der Waals surface area contributed by atoms with Gasteiger partial charge in [0.05, 0.1) is 11.5 Å². The summed E-state index contributed by atoms with van der Waals surface area (Å²) >= 11 is 0. The van der Waals surface area contributed by atoms with Crippen LogP contribution in [0.1, 0.15) is 34.6 Å². The van der Waals surface area contributed by atoms with Crippen molar-refractivity contribution in [1.82, 2.24) is 0 Å². The molecule has 0 aliphatic rings. The first-order chi connectivity index (χ1) is 9.86. The molecule has 0 atom stereocenters. The molecule has 0 heterocycles. The van der Waals surface area contributed by atoms with Gasteiger partial charge in [-0.1, -0.05) is 27.7 Å². The molecule has 1 aromatic carbocycles. The van der Waals surface area contributed by atoms with Crippen molar-refractivity contribution >= 4 is 11.4 Å². The molecule has 0 unspecified atom stereocenters. The lowest BCUT2D eigenvalue weighted by Gasteiger charge is -2.25. The molecule has 1 aromatic rings. The second kappa shape index (κ2) is 7.86. The largest absolute Gasteiger partial charge is 0.487 e. The Kier molecular flexibility index (Phi) is 6.46. The fourth-order valence-electron chi connectivity index (χ4n) is 2.52. The van der Waals surface area contributed by atoms with Gasteiger partial charge in [0, 0.05) is 24.4 Å². The van der Waals surface area contributed by atoms with Crippen LogP contribution in [0.3, 0.4) is 0 Å². The zero-order valence-corrected chi connectivity index (χ0v) is 13.6. The Morgan fingerprint density at radius 3 is 2.33 bits per heavy atom. The number of nitro groups is 1. The van der Waals surface area contributed by atoms with Gasteiger partial charge in [-0.15, -0.1) is 0 Å². The van der Waals surface area contributed by atoms with E-state index in [0.29, 0.717) is 30.1 Å². The molecular weight excluding hydrogens is 268 g/mol. The highest BCUT2D eigenvalue weighted by Gasteiger charge is 2.19. The highest BCUT2D eigenvalue weighted by molar-refractivity contribution is 5.58. The molecule has 0 aliphatic carbocycles. The zero-order valence-electron chi connectivity index (χ0n) is 13.6. The van der Waals surface area contributed by atoms with Crippen molar-refractivity contribution in [3.8, 4) is 5.75 Å². The molecule has 1 rings (SSSR count). The minimum Gasteiger partial charge on any atom is -0.487 e. The number of anilines is 1. The molecule has 0 aliphatic heterocycles. The molecule has 5 heteroatoms. The van der Waals surface area contributed by atoms with Crippen molar-refractivity contribution < 1.29 is 9.66 Å². The van der Waals surface area contributed by atoms with Gasteiger partial charge in [-0.25, -0.2) is 0 Å². The number of rotatable bonds is 8. The number of nitrogens with one attached hydrogen (secondary N) is 1. The predicted octanol–water partition coefficient (Wildman–Crippen LogP) is 4.33. The molecule has 0 saturated heterocycles. The highest BCUT2D eigenvalue weighted by Crippen LogP contribution is 2.30. The Labute approximate surface area is 126 Å². The van der Waals surface area contributed by atoms with Crippen LogP contribution in [-0.2, 0) is 0 Å². The van der Waals surface area contributed by atoms with Crippen molar-refractivity contribution in [2.75, 3.05) is 18.5 Å². The lowest BCUT2D eigenvalue weighted by atomic mass is 9.85. The molecule has 0 bridgehead atoms. The van der Waals surface area contributed by atoms with E-state index in [-0.39, 0.29) is 5.69 Å². The van der Waals surface area contributed by atoms with Crippen LogP contribution >= 0.6 is 0 Å². The van der Waals surface area contributed by atoms with Gasteiger partial charge in [-0.05, 0) is 30.7 Å². The Morgan fingerprint density at radius 2 is 1.86 bits per heavy atom. The summed E-state index contributed by atoms with van der Waals surface area (Å²) in [5.74, 6) is 2.04. The van der Waals surface area contributed by atoms with Crippen molar-refractivity contribution in [1.29, 1.82) is 0 Å². The highest BCUT2D eigenvalue weighted by atomic mass is 16.6. The number of ether oxygens (including phenoxy) is 1. The summed E-state index contributed by atoms with van der Waals surface area (Å²) in [5, 5.41) is 14.3. The summed E-state index contributed by atoms with van der Waals surface area (Å²) in [6.07, 6.45) is 0. The smallest absolute Gasteiger partial charge is 0.311 e. The van der Waals surface area contributed by atoms with Gasteiger partial charge in [0.15, 0.2) is 5.75 Å². The molecule has 0 fully saturated rings. The van der Waals surface area contributed by atoms with Crippen molar-refractivity contribution in [3.05, 3.63) is 28.3 Å². The van der Waals surface area contributed by atoms with Crippen LogP contribution in [0.15, 0.2) is 18.2 Å². The van der Waals surface area contributed by atoms with Crippen LogP contribution in [0.4, 0.5) is 11.4 Å². The van der Waals surface area contributed by atoms with Gasteiger partial charge in [-0.3, -0.25) is 10.1 Å². The molecule has 0 radical (unpaired) electrons. The quantitative estimate of drug-likeness (QED) is 0.572. The van der Waals surface area contributed by atoms with E-state index in [4.69, 9.17) is 4.74 Å². The molecular formula is C16H26N2O3. The summed E-state index contributed by atoms with van der Waals surface area (Å²) in [6.45, 7) is 11.9. The maximum absolute atomic E-state index is 11.0. The van der Waals surface area contributed by atoms with E-state index in [1.165, 1.54) is 6.07 Å². The monoisotopic (exact) mass is 294 g/mol. The third kappa shape index (κ3) is 4.92. The standard InChI is InChI=1S/C16H26N2O3/c1-6-21-16-9-13(7-8-15(16)18(19)20)17-10-14(11(2)3)12(4)5/h7-9,11-12,14,17H,6,10H2,1-5H3. The number of hydrogen-bond acceptors (Lipinski definition) is 4. The van der Waals surface area contributed by atoms with E-state index in [1.54, 1.807) is 12.1 Å². The fourth-order valence-corrected chi connectivity index (χ4v) is 2.52. The maximum Gasteiger partial charge on any atom is 0.311 e. The van der Waals surface area contributed by atoms with Gasteiger partial charge in [-0.2, -0.15) is 0 Å². The van der Waals surface area contributed by atoms with Crippen molar-refractivity contribution in [3.63, 3.8) is 0 Å². The maximum atomic E-state index is 11.0. The molecule has 5 nitrogen and oxygen atoms in total. The minimum atomic E-state index is -0.417. The SMILES string of the molecule is CCOc1cc(NCC(C(C)C)C(C)C)ccc1[N+](=O)[O-]. The Balaban J connectivity index is 2.84. The fraction of sp³-hybridized carbons (Fsp3) is 0.625. The van der Waals surface area contributed by atoms with Crippen LogP contribution in [-0.4, -0.2) is 18.1 Å². The Bertz CT molecular complexity index is 465. The summed E-state index contributed by atoms with van der Waals surface area (Å²) in [6, 6.07) is 4.94. The molecule has 118 valence electrons. The number of benzene rings is 1. The van der Waals surface area contributed by atoms with E-state index in [9.17, 15) is 10.1 Å². The number of nitro benzene ring substituents is 1. The molecule has 1 N–H and O–H groups in total. The third-order valence-electron chi connectivity index (χ3n) is 3.71. The second-order valence-electron chi connectivity index (χ2n) is 5.91. The lowest BCUT2D eigenvalue weighted by molar-refractivity contribution is -0.385. The van der Waals surface area contributed by atoms with E-state index in [1.807, 2.05) is 6.92 Å². The van der Waals surface area contributed by atoms with Crippen molar-refractivity contribution in [2.45, 2.75) is 34.6 Å². The first-order valence-electron chi connectivity index (χ1n) is 7.51. The number of hydrogen-bond donors (Lipinski definition) is 1. The average Bonchev–Trinajstić information content (AvgIpc) is 2.38. The third-order valence-corrected chi connectivity index (χ3v) is 3.71. The number of nitrogens with zero attached hydrogens (tertiary/aromatic N) is 1. The van der Waals surface area contributed by atoms with Crippen LogP contribution in [0.2, 0.25) is 0 Å². The van der Waals surface area contributed by atoms with Crippen LogP contribution in [0, 0.1) is 27.9 Å². The van der Waals surface area contributed by atoms with Crippen LogP contribution < -0.4 is 10.1 Å². The molecule has 0 amide bonds. The second-order valence-corrected chi connectivity index (χ2v) is 5.91. The lowest BCUT2D eigenvalue weighted by Crippen LogP contribution is -2.24. The molecule has 0 spiro atoms. The average molecular weight is 294 g/mol. The van der Waals surface area contributed by atoms with Gasteiger partial charge in [0.25, 0.3) is 0 Å². The summed E-state index contributed by atoms with van der Waals surface area (Å²) in [4.78, 5) is 10.5. The topological polar surface area (TPSA) is 64.4 Å². The summed E-state index contributed by atoms with van der Waals surface area (Å²) in [5.41, 5.74) is 0.863. The Morgan fingerprint density at radius 1 is 1.24 bits per heavy atom. The first-order valence-corrected chi connectivity index (χ1v) is 7.51. The van der Waals surface area contributed by atoms with E-state index in [2.05, 4.69) is 33.0 Å². The predicted molar refractivity (Wildman–Crippen MR) is 85.9 cm³/mol. The van der Waals surface area contributed by atoms with Gasteiger partial charge in [0.1, 0.15) is 0 Å². The zero-order chi connectivity index (χ0) is 16.0.